The van der Waals surface area contributed by atoms with Gasteiger partial charge in [-0.3, -0.25) is 4.79 Å². The second-order valence-corrected chi connectivity index (χ2v) is 11.2. The lowest BCUT2D eigenvalue weighted by Crippen LogP contribution is -2.32. The van der Waals surface area contributed by atoms with E-state index in [1.165, 1.54) is 22.5 Å². The normalized spacial score (nSPS) is 14.9. The molecule has 1 atom stereocenters. The Hall–Kier alpha value is -3.51. The van der Waals surface area contributed by atoms with E-state index in [0.29, 0.717) is 44.6 Å². The summed E-state index contributed by atoms with van der Waals surface area (Å²) >= 11 is 6.51. The highest BCUT2D eigenvalue weighted by Crippen LogP contribution is 2.40. The Labute approximate surface area is 240 Å². The second-order valence-electron chi connectivity index (χ2n) is 8.91. The molecular formula is C28H35ClN4O6S. The van der Waals surface area contributed by atoms with Gasteiger partial charge in [0.2, 0.25) is 10.0 Å². The van der Waals surface area contributed by atoms with E-state index in [2.05, 4.69) is 0 Å². The smallest absolute Gasteiger partial charge is 0.304 e. The fourth-order valence-corrected chi connectivity index (χ4v) is 6.29. The molecule has 1 aliphatic heterocycles. The number of para-hydroxylation sites is 1. The molecule has 0 bridgehead atoms. The van der Waals surface area contributed by atoms with Crippen LogP contribution in [0.4, 0.5) is 11.4 Å². The zero-order valence-corrected chi connectivity index (χ0v) is 24.5. The van der Waals surface area contributed by atoms with E-state index < -0.39 is 21.9 Å². The molecule has 0 aromatic heterocycles. The standard InChI is InChI=1S/C26H29ClN4O6S.C2H6/c1-30(29)26-21(28)12-17(13-23(26)36-2)19(14-25(32)33)16-7-8-20(27)18(11-16)15-31-9-10-37-22-5-3-4-6-24(22)38(31,34)35;1-2/h3-8,11-13,19H,9-10,14-15,28-29H2,1-2H3,(H,32,33);1-2H3. The molecule has 0 spiro atoms. The van der Waals surface area contributed by atoms with E-state index in [-0.39, 0.29) is 31.0 Å². The van der Waals surface area contributed by atoms with Crippen molar-refractivity contribution in [1.29, 1.82) is 0 Å². The monoisotopic (exact) mass is 590 g/mol. The number of sulfonamides is 1. The molecule has 4 rings (SSSR count). The summed E-state index contributed by atoms with van der Waals surface area (Å²) in [5.41, 5.74) is 8.80. The van der Waals surface area contributed by atoms with Gasteiger partial charge in [-0.15, -0.1) is 0 Å². The summed E-state index contributed by atoms with van der Waals surface area (Å²) < 4.78 is 39.2. The molecule has 0 saturated carbocycles. The molecule has 1 unspecified atom stereocenters. The van der Waals surface area contributed by atoms with Crippen LogP contribution in [0.1, 0.15) is 42.9 Å². The van der Waals surface area contributed by atoms with Gasteiger partial charge in [-0.1, -0.05) is 49.7 Å². The van der Waals surface area contributed by atoms with Gasteiger partial charge in [-0.05, 0) is 47.0 Å². The molecule has 0 fully saturated rings. The maximum absolute atomic E-state index is 13.4. The summed E-state index contributed by atoms with van der Waals surface area (Å²) in [5, 5.41) is 11.4. The number of nitrogens with two attached hydrogens (primary N) is 2. The molecule has 40 heavy (non-hydrogen) atoms. The third kappa shape index (κ3) is 6.61. The molecule has 12 heteroatoms. The van der Waals surface area contributed by atoms with Crippen LogP contribution in [0.25, 0.3) is 0 Å². The number of halogens is 1. The number of rotatable bonds is 8. The second kappa shape index (κ2) is 13.2. The van der Waals surface area contributed by atoms with Crippen molar-refractivity contribution in [3.63, 3.8) is 0 Å². The average molecular weight is 591 g/mol. The van der Waals surface area contributed by atoms with Gasteiger partial charge < -0.3 is 25.3 Å². The number of aliphatic carboxylic acids is 1. The summed E-state index contributed by atoms with van der Waals surface area (Å²) in [6.45, 7) is 4.28. The summed E-state index contributed by atoms with van der Waals surface area (Å²) in [7, 11) is -0.767. The molecule has 0 saturated heterocycles. The molecule has 0 amide bonds. The maximum atomic E-state index is 13.4. The first-order valence-corrected chi connectivity index (χ1v) is 14.5. The topological polar surface area (TPSA) is 148 Å². The number of nitrogen functional groups attached to an aromatic ring is 1. The molecular weight excluding hydrogens is 556 g/mol. The van der Waals surface area contributed by atoms with Crippen LogP contribution in [0.2, 0.25) is 5.02 Å². The number of anilines is 2. The van der Waals surface area contributed by atoms with Crippen LogP contribution in [0.15, 0.2) is 59.5 Å². The van der Waals surface area contributed by atoms with E-state index in [1.807, 2.05) is 13.8 Å². The Morgan fingerprint density at radius 1 is 1.18 bits per heavy atom. The van der Waals surface area contributed by atoms with Gasteiger partial charge in [-0.2, -0.15) is 4.31 Å². The molecule has 10 nitrogen and oxygen atoms in total. The SMILES string of the molecule is CC.COc1cc(C(CC(=O)O)c2ccc(Cl)c(CN3CCOc4ccccc4S3(=O)=O)c2)cc(N)c1N(C)N. The van der Waals surface area contributed by atoms with Gasteiger partial charge >= 0.3 is 5.97 Å². The molecule has 3 aromatic rings. The molecule has 0 radical (unpaired) electrons. The number of carboxylic acid groups (broad SMARTS) is 1. The highest BCUT2D eigenvalue weighted by atomic mass is 35.5. The Kier molecular flexibility index (Phi) is 10.3. The Morgan fingerprint density at radius 3 is 2.52 bits per heavy atom. The summed E-state index contributed by atoms with van der Waals surface area (Å²) in [6.07, 6.45) is -0.245. The van der Waals surface area contributed by atoms with Crippen LogP contribution in [-0.4, -0.2) is 51.1 Å². The maximum Gasteiger partial charge on any atom is 0.304 e. The number of ether oxygens (including phenoxy) is 2. The van der Waals surface area contributed by atoms with Crippen molar-refractivity contribution in [3.05, 3.63) is 76.3 Å². The van der Waals surface area contributed by atoms with E-state index in [9.17, 15) is 18.3 Å². The fourth-order valence-electron chi connectivity index (χ4n) is 4.57. The number of hydrogen-bond donors (Lipinski definition) is 3. The van der Waals surface area contributed by atoms with Crippen molar-refractivity contribution < 1.29 is 27.8 Å². The first kappa shape index (κ1) is 31.0. The van der Waals surface area contributed by atoms with E-state index >= 15 is 0 Å². The summed E-state index contributed by atoms with van der Waals surface area (Å²) in [4.78, 5) is 11.9. The predicted octanol–water partition coefficient (Wildman–Crippen LogP) is 4.46. The van der Waals surface area contributed by atoms with Gasteiger partial charge in [0.05, 0.1) is 19.2 Å². The lowest BCUT2D eigenvalue weighted by molar-refractivity contribution is -0.137. The van der Waals surface area contributed by atoms with Crippen LogP contribution in [0.5, 0.6) is 11.5 Å². The zero-order valence-electron chi connectivity index (χ0n) is 22.9. The first-order valence-electron chi connectivity index (χ1n) is 12.7. The number of methoxy groups -OCH3 is 1. The lowest BCUT2D eigenvalue weighted by atomic mass is 9.87. The lowest BCUT2D eigenvalue weighted by Gasteiger charge is -2.24. The molecule has 5 N–H and O–H groups in total. The Balaban J connectivity index is 0.00000216. The van der Waals surface area contributed by atoms with Crippen molar-refractivity contribution in [3.8, 4) is 11.5 Å². The van der Waals surface area contributed by atoms with Crippen molar-refractivity contribution >= 4 is 39.0 Å². The third-order valence-corrected chi connectivity index (χ3v) is 8.62. The molecule has 1 heterocycles. The third-order valence-electron chi connectivity index (χ3n) is 6.36. The fraction of sp³-hybridized carbons (Fsp3) is 0.321. The van der Waals surface area contributed by atoms with Gasteiger partial charge in [0.1, 0.15) is 28.7 Å². The summed E-state index contributed by atoms with van der Waals surface area (Å²) in [5.74, 6) is 4.95. The zero-order chi connectivity index (χ0) is 29.6. The van der Waals surface area contributed by atoms with Gasteiger partial charge in [0.25, 0.3) is 0 Å². The minimum Gasteiger partial charge on any atom is -0.494 e. The molecule has 216 valence electrons. The number of nitrogens with zero attached hydrogens (tertiary/aromatic N) is 2. The predicted molar refractivity (Wildman–Crippen MR) is 156 cm³/mol. The van der Waals surface area contributed by atoms with Crippen molar-refractivity contribution in [2.24, 2.45) is 5.84 Å². The number of carboxylic acids is 1. The van der Waals surface area contributed by atoms with Crippen LogP contribution >= 0.6 is 11.6 Å². The van der Waals surface area contributed by atoms with Crippen molar-refractivity contribution in [1.82, 2.24) is 4.31 Å². The van der Waals surface area contributed by atoms with Crippen molar-refractivity contribution in [2.45, 2.75) is 37.6 Å². The largest absolute Gasteiger partial charge is 0.494 e. The van der Waals surface area contributed by atoms with Gasteiger partial charge in [0.15, 0.2) is 0 Å². The summed E-state index contributed by atoms with van der Waals surface area (Å²) in [6, 6.07) is 14.9. The minimum absolute atomic E-state index is 0.0190. The minimum atomic E-state index is -3.86. The van der Waals surface area contributed by atoms with Crippen LogP contribution in [-0.2, 0) is 21.4 Å². The number of hydrazine groups is 1. The van der Waals surface area contributed by atoms with E-state index in [0.717, 1.165) is 0 Å². The average Bonchev–Trinajstić information content (AvgIpc) is 3.04. The highest BCUT2D eigenvalue weighted by Gasteiger charge is 2.31. The number of hydrogen-bond acceptors (Lipinski definition) is 8. The van der Waals surface area contributed by atoms with Gasteiger partial charge in [0, 0.05) is 31.1 Å². The first-order chi connectivity index (χ1) is 19.0. The Morgan fingerprint density at radius 2 is 1.88 bits per heavy atom. The molecule has 1 aliphatic rings. The van der Waals surface area contributed by atoms with Crippen LogP contribution in [0.3, 0.4) is 0 Å². The van der Waals surface area contributed by atoms with Crippen molar-refractivity contribution in [2.75, 3.05) is 38.1 Å². The highest BCUT2D eigenvalue weighted by molar-refractivity contribution is 7.89. The number of fused-ring (bicyclic) bond motifs is 1. The van der Waals surface area contributed by atoms with E-state index in [4.69, 9.17) is 32.7 Å². The quantitative estimate of drug-likeness (QED) is 0.196. The number of benzene rings is 3. The van der Waals surface area contributed by atoms with E-state index in [1.54, 1.807) is 55.6 Å². The molecule has 0 aliphatic carbocycles. The molecule has 3 aromatic carbocycles. The Bertz CT molecular complexity index is 1470. The number of carbonyl (C=O) groups is 1. The van der Waals surface area contributed by atoms with Crippen LogP contribution < -0.4 is 26.1 Å². The van der Waals surface area contributed by atoms with Gasteiger partial charge in [-0.25, -0.2) is 14.3 Å². The van der Waals surface area contributed by atoms with Crippen LogP contribution in [0, 0.1) is 0 Å².